The van der Waals surface area contributed by atoms with Crippen LogP contribution in [0.1, 0.15) is 12.5 Å². The lowest BCUT2D eigenvalue weighted by Gasteiger charge is -2.21. The van der Waals surface area contributed by atoms with Crippen LogP contribution in [-0.4, -0.2) is 31.0 Å². The van der Waals surface area contributed by atoms with Crippen molar-refractivity contribution in [1.29, 1.82) is 0 Å². The van der Waals surface area contributed by atoms with E-state index in [1.165, 1.54) is 16.3 Å². The van der Waals surface area contributed by atoms with Crippen LogP contribution >= 0.6 is 0 Å². The predicted molar refractivity (Wildman–Crippen MR) is 107 cm³/mol. The van der Waals surface area contributed by atoms with Crippen molar-refractivity contribution in [3.63, 3.8) is 0 Å². The molecule has 3 aromatic rings. The highest BCUT2D eigenvalue weighted by Crippen LogP contribution is 2.20. The Hall–Kier alpha value is -2.85. The Bertz CT molecular complexity index is 869. The van der Waals surface area contributed by atoms with Gasteiger partial charge in [-0.2, -0.15) is 0 Å². The standard InChI is InChI=1S/C22H24N2O2/c1-3-24(15-18-9-6-8-17-7-4-5-10-21(17)18)16-22(25)23-19-11-13-20(26-2)14-12-19/h4-14H,3,15-16H2,1-2H3,(H,23,25). The molecule has 0 aliphatic rings. The molecule has 1 amide bonds. The molecule has 3 rings (SSSR count). The second-order valence-electron chi connectivity index (χ2n) is 6.22. The Morgan fingerprint density at radius 3 is 2.46 bits per heavy atom. The molecule has 0 aliphatic heterocycles. The molecular formula is C22H24N2O2. The highest BCUT2D eigenvalue weighted by molar-refractivity contribution is 5.92. The first-order valence-corrected chi connectivity index (χ1v) is 8.82. The average molecular weight is 348 g/mol. The lowest BCUT2D eigenvalue weighted by molar-refractivity contribution is -0.117. The van der Waals surface area contributed by atoms with Crippen LogP contribution in [-0.2, 0) is 11.3 Å². The molecule has 0 unspecified atom stereocenters. The maximum absolute atomic E-state index is 12.4. The Morgan fingerprint density at radius 2 is 1.73 bits per heavy atom. The summed E-state index contributed by atoms with van der Waals surface area (Å²) in [4.78, 5) is 14.5. The molecule has 0 spiro atoms. The number of hydrogen-bond acceptors (Lipinski definition) is 3. The number of anilines is 1. The second kappa shape index (κ2) is 8.50. The largest absolute Gasteiger partial charge is 0.497 e. The molecule has 0 atom stereocenters. The molecule has 4 heteroatoms. The Kier molecular flexibility index (Phi) is 5.87. The molecule has 0 aliphatic carbocycles. The number of hydrogen-bond donors (Lipinski definition) is 1. The summed E-state index contributed by atoms with van der Waals surface area (Å²) in [6.45, 7) is 3.98. The monoisotopic (exact) mass is 348 g/mol. The smallest absolute Gasteiger partial charge is 0.238 e. The van der Waals surface area contributed by atoms with Crippen molar-refractivity contribution in [1.82, 2.24) is 4.90 Å². The number of rotatable bonds is 7. The Labute approximate surface area is 154 Å². The molecule has 134 valence electrons. The van der Waals surface area contributed by atoms with Gasteiger partial charge in [-0.25, -0.2) is 0 Å². The minimum Gasteiger partial charge on any atom is -0.497 e. The lowest BCUT2D eigenvalue weighted by atomic mass is 10.0. The van der Waals surface area contributed by atoms with Gasteiger partial charge in [-0.1, -0.05) is 49.4 Å². The van der Waals surface area contributed by atoms with Crippen molar-refractivity contribution < 1.29 is 9.53 Å². The van der Waals surface area contributed by atoms with Crippen molar-refractivity contribution in [2.45, 2.75) is 13.5 Å². The highest BCUT2D eigenvalue weighted by atomic mass is 16.5. The predicted octanol–water partition coefficient (Wildman–Crippen LogP) is 4.31. The summed E-state index contributed by atoms with van der Waals surface area (Å²) in [5.74, 6) is 0.756. The van der Waals surface area contributed by atoms with Gasteiger partial charge in [-0.05, 0) is 47.1 Å². The van der Waals surface area contributed by atoms with E-state index in [-0.39, 0.29) is 5.91 Å². The molecule has 0 aromatic heterocycles. The molecule has 4 nitrogen and oxygen atoms in total. The zero-order valence-electron chi connectivity index (χ0n) is 15.2. The van der Waals surface area contributed by atoms with E-state index < -0.39 is 0 Å². The number of ether oxygens (including phenoxy) is 1. The third kappa shape index (κ3) is 4.41. The van der Waals surface area contributed by atoms with E-state index >= 15 is 0 Å². The number of nitrogens with one attached hydrogen (secondary N) is 1. The fraction of sp³-hybridized carbons (Fsp3) is 0.227. The van der Waals surface area contributed by atoms with Crippen LogP contribution in [0.5, 0.6) is 5.75 Å². The zero-order valence-corrected chi connectivity index (χ0v) is 15.2. The zero-order chi connectivity index (χ0) is 18.4. The summed E-state index contributed by atoms with van der Waals surface area (Å²) in [5.41, 5.74) is 2.01. The molecule has 0 saturated carbocycles. The van der Waals surface area contributed by atoms with Crippen LogP contribution in [0.4, 0.5) is 5.69 Å². The SMILES string of the molecule is CCN(CC(=O)Nc1ccc(OC)cc1)Cc1cccc2ccccc12. The molecule has 0 heterocycles. The molecule has 0 fully saturated rings. The molecule has 1 N–H and O–H groups in total. The Morgan fingerprint density at radius 1 is 1.00 bits per heavy atom. The van der Waals surface area contributed by atoms with Crippen molar-refractivity contribution in [3.05, 3.63) is 72.3 Å². The minimum atomic E-state index is -0.0164. The summed E-state index contributed by atoms with van der Waals surface area (Å²) >= 11 is 0. The lowest BCUT2D eigenvalue weighted by Crippen LogP contribution is -2.32. The number of carbonyl (C=O) groups excluding carboxylic acids is 1. The first kappa shape index (κ1) is 18.0. The van der Waals surface area contributed by atoms with Crippen LogP contribution in [0.2, 0.25) is 0 Å². The van der Waals surface area contributed by atoms with Crippen molar-refractivity contribution in [3.8, 4) is 5.75 Å². The van der Waals surface area contributed by atoms with E-state index in [0.717, 1.165) is 24.5 Å². The number of methoxy groups -OCH3 is 1. The number of fused-ring (bicyclic) bond motifs is 1. The van der Waals surface area contributed by atoms with Crippen LogP contribution in [0.15, 0.2) is 66.7 Å². The number of likely N-dealkylation sites (N-methyl/N-ethyl adjacent to an activating group) is 1. The van der Waals surface area contributed by atoms with E-state index in [1.54, 1.807) is 7.11 Å². The fourth-order valence-electron chi connectivity index (χ4n) is 3.03. The van der Waals surface area contributed by atoms with Gasteiger partial charge in [-0.3, -0.25) is 9.69 Å². The normalized spacial score (nSPS) is 10.9. The van der Waals surface area contributed by atoms with Gasteiger partial charge in [0, 0.05) is 12.2 Å². The third-order valence-electron chi connectivity index (χ3n) is 4.46. The van der Waals surface area contributed by atoms with Crippen LogP contribution < -0.4 is 10.1 Å². The fourth-order valence-corrected chi connectivity index (χ4v) is 3.03. The third-order valence-corrected chi connectivity index (χ3v) is 4.46. The van der Waals surface area contributed by atoms with E-state index in [1.807, 2.05) is 30.3 Å². The van der Waals surface area contributed by atoms with Gasteiger partial charge in [0.25, 0.3) is 0 Å². The molecule has 26 heavy (non-hydrogen) atoms. The first-order chi connectivity index (χ1) is 12.7. The summed E-state index contributed by atoms with van der Waals surface area (Å²) in [6, 6.07) is 22.0. The first-order valence-electron chi connectivity index (χ1n) is 8.82. The summed E-state index contributed by atoms with van der Waals surface area (Å²) in [6.07, 6.45) is 0. The number of carbonyl (C=O) groups is 1. The highest BCUT2D eigenvalue weighted by Gasteiger charge is 2.11. The van der Waals surface area contributed by atoms with Gasteiger partial charge in [0.05, 0.1) is 13.7 Å². The van der Waals surface area contributed by atoms with Gasteiger partial charge < -0.3 is 10.1 Å². The average Bonchev–Trinajstić information content (AvgIpc) is 2.68. The number of amides is 1. The molecule has 0 saturated heterocycles. The number of benzene rings is 3. The van der Waals surface area contributed by atoms with Gasteiger partial charge in [0.15, 0.2) is 0 Å². The summed E-state index contributed by atoms with van der Waals surface area (Å²) in [7, 11) is 1.62. The van der Waals surface area contributed by atoms with E-state index in [2.05, 4.69) is 53.5 Å². The van der Waals surface area contributed by atoms with E-state index in [4.69, 9.17) is 4.74 Å². The summed E-state index contributed by atoms with van der Waals surface area (Å²) in [5, 5.41) is 5.41. The second-order valence-corrected chi connectivity index (χ2v) is 6.22. The Balaban J connectivity index is 1.65. The summed E-state index contributed by atoms with van der Waals surface area (Å²) < 4.78 is 5.14. The number of nitrogens with zero attached hydrogens (tertiary/aromatic N) is 1. The molecule has 3 aromatic carbocycles. The van der Waals surface area contributed by atoms with Gasteiger partial charge in [-0.15, -0.1) is 0 Å². The molecule has 0 radical (unpaired) electrons. The molecule has 0 bridgehead atoms. The topological polar surface area (TPSA) is 41.6 Å². The van der Waals surface area contributed by atoms with Crippen LogP contribution in [0.25, 0.3) is 10.8 Å². The quantitative estimate of drug-likeness (QED) is 0.692. The molecular weight excluding hydrogens is 324 g/mol. The van der Waals surface area contributed by atoms with Gasteiger partial charge >= 0.3 is 0 Å². The van der Waals surface area contributed by atoms with Gasteiger partial charge in [0.2, 0.25) is 5.91 Å². The van der Waals surface area contributed by atoms with E-state index in [9.17, 15) is 4.79 Å². The van der Waals surface area contributed by atoms with E-state index in [0.29, 0.717) is 6.54 Å². The van der Waals surface area contributed by atoms with Crippen molar-refractivity contribution >= 4 is 22.4 Å². The minimum absolute atomic E-state index is 0.0164. The maximum atomic E-state index is 12.4. The van der Waals surface area contributed by atoms with Crippen LogP contribution in [0.3, 0.4) is 0 Å². The maximum Gasteiger partial charge on any atom is 0.238 e. The van der Waals surface area contributed by atoms with Gasteiger partial charge in [0.1, 0.15) is 5.75 Å². The van der Waals surface area contributed by atoms with Crippen molar-refractivity contribution in [2.75, 3.05) is 25.5 Å². The van der Waals surface area contributed by atoms with Crippen LogP contribution in [0, 0.1) is 0 Å². The van der Waals surface area contributed by atoms with Crippen molar-refractivity contribution in [2.24, 2.45) is 0 Å².